The highest BCUT2D eigenvalue weighted by atomic mass is 32.1. The van der Waals surface area contributed by atoms with Crippen LogP contribution in [-0.2, 0) is 11.2 Å². The maximum absolute atomic E-state index is 13.7. The van der Waals surface area contributed by atoms with Gasteiger partial charge in [0.05, 0.1) is 12.2 Å². The summed E-state index contributed by atoms with van der Waals surface area (Å²) in [5, 5.41) is 4.48. The van der Waals surface area contributed by atoms with E-state index in [1.54, 1.807) is 11.3 Å². The normalized spacial score (nSPS) is 22.5. The van der Waals surface area contributed by atoms with Crippen molar-refractivity contribution in [3.8, 4) is 0 Å². The van der Waals surface area contributed by atoms with Crippen LogP contribution in [0.3, 0.4) is 0 Å². The Hall–Kier alpha value is -1.86. The third-order valence-electron chi connectivity index (χ3n) is 5.02. The van der Waals surface area contributed by atoms with Crippen molar-refractivity contribution < 1.29 is 22.9 Å². The molecule has 4 rings (SSSR count). The molecule has 1 saturated carbocycles. The lowest BCUT2D eigenvalue weighted by molar-refractivity contribution is -0.928. The maximum Gasteiger partial charge on any atom is 0.279 e. The molecule has 1 unspecified atom stereocenters. The highest BCUT2D eigenvalue weighted by molar-refractivity contribution is 7.10. The number of fused-ring (bicyclic) bond motifs is 1. The summed E-state index contributed by atoms with van der Waals surface area (Å²) in [6.07, 6.45) is 3.27. The predicted molar refractivity (Wildman–Crippen MR) is 89.1 cm³/mol. The quantitative estimate of drug-likeness (QED) is 0.801. The SMILES string of the molecule is O=C(C[NH+]1CCc2sccc2[C@@H]1C1CC1)Nc1ccc(F)c(F)c1F. The fraction of sp³-hybridized carbons (Fsp3) is 0.389. The minimum absolute atomic E-state index is 0.189. The summed E-state index contributed by atoms with van der Waals surface area (Å²) in [7, 11) is 0. The molecule has 0 spiro atoms. The van der Waals surface area contributed by atoms with E-state index in [-0.39, 0.29) is 18.1 Å². The van der Waals surface area contributed by atoms with Crippen molar-refractivity contribution >= 4 is 22.9 Å². The Labute approximate surface area is 147 Å². The van der Waals surface area contributed by atoms with E-state index in [9.17, 15) is 18.0 Å². The van der Waals surface area contributed by atoms with E-state index in [0.29, 0.717) is 12.0 Å². The van der Waals surface area contributed by atoms with Crippen molar-refractivity contribution in [3.05, 3.63) is 51.5 Å². The Kier molecular flexibility index (Phi) is 4.29. The first-order chi connectivity index (χ1) is 12.0. The van der Waals surface area contributed by atoms with E-state index < -0.39 is 17.5 Å². The van der Waals surface area contributed by atoms with Crippen LogP contribution in [-0.4, -0.2) is 19.0 Å². The largest absolute Gasteiger partial charge is 0.320 e. The average Bonchev–Trinajstić information content (AvgIpc) is 3.31. The topological polar surface area (TPSA) is 33.5 Å². The van der Waals surface area contributed by atoms with Crippen LogP contribution < -0.4 is 10.2 Å². The van der Waals surface area contributed by atoms with Gasteiger partial charge < -0.3 is 10.2 Å². The lowest BCUT2D eigenvalue weighted by Gasteiger charge is -2.32. The molecular formula is C18H18F3N2OS+. The van der Waals surface area contributed by atoms with Crippen LogP contribution in [0.1, 0.15) is 29.3 Å². The summed E-state index contributed by atoms with van der Waals surface area (Å²) in [6, 6.07) is 4.31. The number of thiophene rings is 1. The highest BCUT2D eigenvalue weighted by Gasteiger charge is 2.43. The number of hydrogen-bond acceptors (Lipinski definition) is 2. The van der Waals surface area contributed by atoms with Gasteiger partial charge in [-0.1, -0.05) is 0 Å². The van der Waals surface area contributed by atoms with Crippen molar-refractivity contribution in [2.45, 2.75) is 25.3 Å². The van der Waals surface area contributed by atoms with Gasteiger partial charge in [0.25, 0.3) is 5.91 Å². The summed E-state index contributed by atoms with van der Waals surface area (Å²) in [6.45, 7) is 1.04. The molecule has 2 heterocycles. The number of benzene rings is 1. The molecule has 0 saturated heterocycles. The Bertz CT molecular complexity index is 819. The number of hydrogen-bond donors (Lipinski definition) is 2. The predicted octanol–water partition coefficient (Wildman–Crippen LogP) is 2.70. The molecule has 1 fully saturated rings. The van der Waals surface area contributed by atoms with Gasteiger partial charge in [0.1, 0.15) is 6.04 Å². The number of carbonyl (C=O) groups is 1. The van der Waals surface area contributed by atoms with Crippen LogP contribution in [0.2, 0.25) is 0 Å². The van der Waals surface area contributed by atoms with Crippen LogP contribution in [0, 0.1) is 23.4 Å². The fourth-order valence-corrected chi connectivity index (χ4v) is 4.65. The van der Waals surface area contributed by atoms with Gasteiger partial charge in [-0.25, -0.2) is 13.2 Å². The summed E-state index contributed by atoms with van der Waals surface area (Å²) in [5.41, 5.74) is 1.01. The number of amides is 1. The number of rotatable bonds is 4. The minimum Gasteiger partial charge on any atom is -0.320 e. The van der Waals surface area contributed by atoms with Crippen molar-refractivity contribution in [1.82, 2.24) is 0 Å². The standard InChI is InChI=1S/C18H17F3N2OS/c19-12-3-4-13(17(21)16(12)20)22-15(24)9-23-7-5-14-11(6-8-25-14)18(23)10-1-2-10/h3-4,6,8,10,18H,1-2,5,7,9H2,(H,22,24)/p+1/t18-/m0/s1. The molecule has 132 valence electrons. The van der Waals surface area contributed by atoms with E-state index in [4.69, 9.17) is 0 Å². The second kappa shape index (κ2) is 6.46. The summed E-state index contributed by atoms with van der Waals surface area (Å²) in [5.74, 6) is -3.99. The third-order valence-corrected chi connectivity index (χ3v) is 6.01. The molecule has 0 radical (unpaired) electrons. The van der Waals surface area contributed by atoms with Crippen LogP contribution in [0.15, 0.2) is 23.6 Å². The number of anilines is 1. The van der Waals surface area contributed by atoms with Crippen LogP contribution in [0.5, 0.6) is 0 Å². The van der Waals surface area contributed by atoms with Crippen molar-refractivity contribution in [3.63, 3.8) is 0 Å². The van der Waals surface area contributed by atoms with Gasteiger partial charge in [0, 0.05) is 22.8 Å². The first-order valence-electron chi connectivity index (χ1n) is 8.38. The summed E-state index contributed by atoms with van der Waals surface area (Å²) < 4.78 is 40.0. The van der Waals surface area contributed by atoms with Crippen LogP contribution in [0.25, 0.3) is 0 Å². The van der Waals surface area contributed by atoms with E-state index in [0.717, 1.165) is 30.0 Å². The number of carbonyl (C=O) groups excluding carboxylic acids is 1. The molecule has 1 aromatic carbocycles. The van der Waals surface area contributed by atoms with Gasteiger partial charge in [0.2, 0.25) is 0 Å². The van der Waals surface area contributed by atoms with Gasteiger partial charge in [-0.2, -0.15) is 0 Å². The molecule has 2 N–H and O–H groups in total. The Morgan fingerprint density at radius 3 is 2.76 bits per heavy atom. The Morgan fingerprint density at radius 1 is 1.20 bits per heavy atom. The average molecular weight is 367 g/mol. The zero-order chi connectivity index (χ0) is 17.6. The second-order valence-electron chi connectivity index (χ2n) is 6.72. The Balaban J connectivity index is 1.48. The minimum atomic E-state index is -1.57. The molecule has 25 heavy (non-hydrogen) atoms. The number of quaternary nitrogens is 1. The highest BCUT2D eigenvalue weighted by Crippen LogP contribution is 2.42. The van der Waals surface area contributed by atoms with Crippen LogP contribution >= 0.6 is 11.3 Å². The molecule has 7 heteroatoms. The lowest BCUT2D eigenvalue weighted by Crippen LogP contribution is -3.14. The second-order valence-corrected chi connectivity index (χ2v) is 7.72. The van der Waals surface area contributed by atoms with Gasteiger partial charge in [-0.15, -0.1) is 11.3 Å². The molecule has 2 aliphatic rings. The summed E-state index contributed by atoms with van der Waals surface area (Å²) >= 11 is 1.76. The van der Waals surface area contributed by atoms with E-state index >= 15 is 0 Å². The van der Waals surface area contributed by atoms with Crippen molar-refractivity contribution in [1.29, 1.82) is 0 Å². The smallest absolute Gasteiger partial charge is 0.279 e. The molecule has 2 atom stereocenters. The lowest BCUT2D eigenvalue weighted by atomic mass is 9.96. The number of nitrogens with one attached hydrogen (secondary N) is 2. The van der Waals surface area contributed by atoms with Gasteiger partial charge in [-0.3, -0.25) is 4.79 Å². The van der Waals surface area contributed by atoms with Crippen molar-refractivity contribution in [2.75, 3.05) is 18.4 Å². The fourth-order valence-electron chi connectivity index (χ4n) is 3.72. The molecular weight excluding hydrogens is 349 g/mol. The van der Waals surface area contributed by atoms with E-state index in [1.807, 2.05) is 0 Å². The number of halogens is 3. The molecule has 1 aliphatic carbocycles. The molecule has 3 nitrogen and oxygen atoms in total. The van der Waals surface area contributed by atoms with Crippen LogP contribution in [0.4, 0.5) is 18.9 Å². The molecule has 1 amide bonds. The molecule has 2 aromatic rings. The first kappa shape index (κ1) is 16.6. The molecule has 1 aliphatic heterocycles. The third kappa shape index (κ3) is 3.18. The van der Waals surface area contributed by atoms with Gasteiger partial charge >= 0.3 is 0 Å². The zero-order valence-corrected chi connectivity index (χ0v) is 14.3. The van der Waals surface area contributed by atoms with Crippen molar-refractivity contribution in [2.24, 2.45) is 5.92 Å². The Morgan fingerprint density at radius 2 is 2.00 bits per heavy atom. The zero-order valence-electron chi connectivity index (χ0n) is 13.5. The summed E-state index contributed by atoms with van der Waals surface area (Å²) in [4.78, 5) is 14.9. The molecule has 1 aromatic heterocycles. The van der Waals surface area contributed by atoms with Gasteiger partial charge in [-0.05, 0) is 36.4 Å². The first-order valence-corrected chi connectivity index (χ1v) is 9.26. The van der Waals surface area contributed by atoms with E-state index in [1.165, 1.54) is 23.3 Å². The monoisotopic (exact) mass is 367 g/mol. The molecule has 0 bridgehead atoms. The van der Waals surface area contributed by atoms with Gasteiger partial charge in [0.15, 0.2) is 24.0 Å². The van der Waals surface area contributed by atoms with E-state index in [2.05, 4.69) is 16.8 Å². The maximum atomic E-state index is 13.7.